The molecule has 0 bridgehead atoms. The van der Waals surface area contributed by atoms with Crippen LogP contribution in [0.2, 0.25) is 0 Å². The molecule has 0 aliphatic heterocycles. The van der Waals surface area contributed by atoms with Crippen molar-refractivity contribution in [3.63, 3.8) is 0 Å². The van der Waals surface area contributed by atoms with Gasteiger partial charge in [-0.15, -0.1) is 0 Å². The molecular weight excluding hydrogens is 350 g/mol. The van der Waals surface area contributed by atoms with Crippen molar-refractivity contribution in [3.8, 4) is 6.07 Å². The third kappa shape index (κ3) is 4.43. The van der Waals surface area contributed by atoms with Crippen LogP contribution in [0.5, 0.6) is 0 Å². The van der Waals surface area contributed by atoms with Crippen molar-refractivity contribution in [3.05, 3.63) is 101 Å². The third-order valence-electron chi connectivity index (χ3n) is 4.28. The lowest BCUT2D eigenvalue weighted by Crippen LogP contribution is -2.28. The van der Waals surface area contributed by atoms with E-state index in [1.54, 1.807) is 60.5 Å². The van der Waals surface area contributed by atoms with E-state index in [4.69, 9.17) is 5.26 Å². The van der Waals surface area contributed by atoms with Crippen molar-refractivity contribution >= 4 is 17.5 Å². The average Bonchev–Trinajstić information content (AvgIpc) is 2.74. The van der Waals surface area contributed by atoms with Crippen molar-refractivity contribution in [2.24, 2.45) is 0 Å². The molecule has 138 valence electrons. The van der Waals surface area contributed by atoms with Crippen LogP contribution in [0.3, 0.4) is 0 Å². The van der Waals surface area contributed by atoms with E-state index in [9.17, 15) is 9.59 Å². The van der Waals surface area contributed by atoms with E-state index in [0.29, 0.717) is 28.9 Å². The predicted molar refractivity (Wildman–Crippen MR) is 108 cm³/mol. The van der Waals surface area contributed by atoms with Crippen LogP contribution in [0, 0.1) is 11.3 Å². The number of nitrogens with one attached hydrogen (secondary N) is 1. The van der Waals surface area contributed by atoms with Gasteiger partial charge in [0.1, 0.15) is 0 Å². The highest BCUT2D eigenvalue weighted by atomic mass is 16.2. The molecule has 5 nitrogen and oxygen atoms in total. The molecule has 3 aromatic carbocycles. The average molecular weight is 369 g/mol. The van der Waals surface area contributed by atoms with E-state index in [1.165, 1.54) is 0 Å². The highest BCUT2D eigenvalue weighted by molar-refractivity contribution is 6.12. The van der Waals surface area contributed by atoms with Gasteiger partial charge in [0.15, 0.2) is 0 Å². The second-order valence-corrected chi connectivity index (χ2v) is 6.34. The third-order valence-corrected chi connectivity index (χ3v) is 4.28. The minimum absolute atomic E-state index is 0.227. The van der Waals surface area contributed by atoms with Gasteiger partial charge >= 0.3 is 0 Å². The van der Waals surface area contributed by atoms with Crippen LogP contribution in [0.15, 0.2) is 78.9 Å². The van der Waals surface area contributed by atoms with Gasteiger partial charge in [0.25, 0.3) is 11.8 Å². The van der Waals surface area contributed by atoms with Gasteiger partial charge in [-0.3, -0.25) is 9.59 Å². The lowest BCUT2D eigenvalue weighted by atomic mass is 10.0. The van der Waals surface area contributed by atoms with Crippen LogP contribution in [-0.4, -0.2) is 23.8 Å². The van der Waals surface area contributed by atoms with Gasteiger partial charge in [-0.05, 0) is 42.0 Å². The molecule has 0 atom stereocenters. The van der Waals surface area contributed by atoms with Gasteiger partial charge in [0.05, 0.1) is 22.8 Å². The summed E-state index contributed by atoms with van der Waals surface area (Å²) in [7, 11) is 1.71. The van der Waals surface area contributed by atoms with Gasteiger partial charge < -0.3 is 10.2 Å². The number of benzene rings is 3. The summed E-state index contributed by atoms with van der Waals surface area (Å²) >= 11 is 0. The maximum absolute atomic E-state index is 12.9. The van der Waals surface area contributed by atoms with Crippen LogP contribution in [-0.2, 0) is 6.54 Å². The van der Waals surface area contributed by atoms with E-state index in [-0.39, 0.29) is 11.8 Å². The fourth-order valence-electron chi connectivity index (χ4n) is 2.83. The summed E-state index contributed by atoms with van der Waals surface area (Å²) < 4.78 is 0. The first kappa shape index (κ1) is 18.9. The topological polar surface area (TPSA) is 73.2 Å². The number of anilines is 1. The molecule has 1 N–H and O–H groups in total. The van der Waals surface area contributed by atoms with E-state index in [1.807, 2.05) is 36.4 Å². The normalized spacial score (nSPS) is 10.0. The number of hydrogen-bond acceptors (Lipinski definition) is 3. The predicted octanol–water partition coefficient (Wildman–Crippen LogP) is 4.08. The van der Waals surface area contributed by atoms with Crippen molar-refractivity contribution in [2.75, 3.05) is 12.4 Å². The monoisotopic (exact) mass is 369 g/mol. The largest absolute Gasteiger partial charge is 0.337 e. The number of nitriles is 1. The smallest absolute Gasteiger partial charge is 0.256 e. The second kappa shape index (κ2) is 8.65. The van der Waals surface area contributed by atoms with Crippen LogP contribution in [0.25, 0.3) is 0 Å². The van der Waals surface area contributed by atoms with E-state index in [2.05, 4.69) is 5.32 Å². The first-order chi connectivity index (χ1) is 13.6. The maximum atomic E-state index is 12.9. The lowest BCUT2D eigenvalue weighted by Gasteiger charge is -2.19. The number of rotatable bonds is 5. The van der Waals surface area contributed by atoms with Gasteiger partial charge in [-0.1, -0.05) is 42.5 Å². The molecule has 0 unspecified atom stereocenters. The van der Waals surface area contributed by atoms with Crippen molar-refractivity contribution in [1.29, 1.82) is 5.26 Å². The molecule has 0 aliphatic rings. The van der Waals surface area contributed by atoms with E-state index < -0.39 is 0 Å². The maximum Gasteiger partial charge on any atom is 0.256 e. The Kier molecular flexibility index (Phi) is 5.83. The fourth-order valence-corrected chi connectivity index (χ4v) is 2.83. The lowest BCUT2D eigenvalue weighted by molar-refractivity contribution is 0.0780. The number of amides is 2. The van der Waals surface area contributed by atoms with Crippen LogP contribution >= 0.6 is 0 Å². The Morgan fingerprint density at radius 1 is 0.893 bits per heavy atom. The van der Waals surface area contributed by atoms with Crippen molar-refractivity contribution in [1.82, 2.24) is 4.90 Å². The molecule has 0 fully saturated rings. The highest BCUT2D eigenvalue weighted by Gasteiger charge is 2.20. The minimum atomic E-state index is -0.373. The molecule has 0 spiro atoms. The molecular formula is C23H19N3O2. The van der Waals surface area contributed by atoms with Crippen molar-refractivity contribution in [2.45, 2.75) is 6.54 Å². The Morgan fingerprint density at radius 3 is 2.14 bits per heavy atom. The van der Waals surface area contributed by atoms with Crippen LogP contribution in [0.4, 0.5) is 5.69 Å². The minimum Gasteiger partial charge on any atom is -0.337 e. The van der Waals surface area contributed by atoms with Crippen molar-refractivity contribution < 1.29 is 9.59 Å². The molecule has 0 saturated carbocycles. The highest BCUT2D eigenvalue weighted by Crippen LogP contribution is 2.16. The Morgan fingerprint density at radius 2 is 1.50 bits per heavy atom. The molecule has 0 heterocycles. The van der Waals surface area contributed by atoms with E-state index in [0.717, 1.165) is 5.56 Å². The second-order valence-electron chi connectivity index (χ2n) is 6.34. The first-order valence-corrected chi connectivity index (χ1v) is 8.78. The summed E-state index contributed by atoms with van der Waals surface area (Å²) in [6.07, 6.45) is 0. The Bertz CT molecular complexity index is 1020. The Balaban J connectivity index is 1.78. The molecule has 3 aromatic rings. The van der Waals surface area contributed by atoms with Gasteiger partial charge in [-0.2, -0.15) is 5.26 Å². The molecule has 0 aliphatic carbocycles. The summed E-state index contributed by atoms with van der Waals surface area (Å²) in [5.41, 5.74) is 2.72. The summed E-state index contributed by atoms with van der Waals surface area (Å²) in [6, 6.07) is 25.0. The van der Waals surface area contributed by atoms with Gasteiger partial charge in [0.2, 0.25) is 0 Å². The zero-order chi connectivity index (χ0) is 19.9. The molecule has 0 radical (unpaired) electrons. The molecule has 2 amide bonds. The molecule has 0 saturated heterocycles. The summed E-state index contributed by atoms with van der Waals surface area (Å²) in [4.78, 5) is 27.2. The summed E-state index contributed by atoms with van der Waals surface area (Å²) in [5, 5.41) is 11.6. The van der Waals surface area contributed by atoms with Gasteiger partial charge in [0, 0.05) is 19.3 Å². The Hall–Kier alpha value is -3.91. The fraction of sp³-hybridized carbons (Fsp3) is 0.0870. The van der Waals surface area contributed by atoms with Crippen LogP contribution < -0.4 is 5.32 Å². The number of nitrogens with zero attached hydrogens (tertiary/aromatic N) is 2. The Labute approximate surface area is 163 Å². The van der Waals surface area contributed by atoms with Gasteiger partial charge in [-0.25, -0.2) is 0 Å². The SMILES string of the molecule is CN(Cc1ccccc1)C(=O)c1ccccc1C(=O)Nc1ccc(C#N)cc1. The number of carbonyl (C=O) groups is 2. The molecule has 28 heavy (non-hydrogen) atoms. The van der Waals surface area contributed by atoms with Crippen LogP contribution in [0.1, 0.15) is 31.8 Å². The number of hydrogen-bond donors (Lipinski definition) is 1. The molecule has 0 aromatic heterocycles. The zero-order valence-electron chi connectivity index (χ0n) is 15.4. The first-order valence-electron chi connectivity index (χ1n) is 8.78. The van der Waals surface area contributed by atoms with E-state index >= 15 is 0 Å². The zero-order valence-corrected chi connectivity index (χ0v) is 15.4. The molecule has 3 rings (SSSR count). The molecule has 5 heteroatoms. The summed E-state index contributed by atoms with van der Waals surface area (Å²) in [5.74, 6) is -0.601. The quantitative estimate of drug-likeness (QED) is 0.736. The number of carbonyl (C=O) groups excluding carboxylic acids is 2. The summed E-state index contributed by atoms with van der Waals surface area (Å²) in [6.45, 7) is 0.450. The standard InChI is InChI=1S/C23H19N3O2/c1-26(16-18-7-3-2-4-8-18)23(28)21-10-6-5-9-20(21)22(27)25-19-13-11-17(15-24)12-14-19/h2-14H,16H2,1H3,(H,25,27).